The lowest BCUT2D eigenvalue weighted by molar-refractivity contribution is 0.209. The minimum absolute atomic E-state index is 0.179. The number of carbonyl (C=O) groups is 1. The molecule has 2 aromatic rings. The van der Waals surface area contributed by atoms with Crippen LogP contribution in [0.3, 0.4) is 0 Å². The largest absolute Gasteiger partial charge is 0.419 e. The molecule has 0 aliphatic carbocycles. The molecule has 0 spiro atoms. The van der Waals surface area contributed by atoms with Crippen LogP contribution in [0.25, 0.3) is 0 Å². The lowest BCUT2D eigenvalue weighted by Gasteiger charge is -2.17. The number of para-hydroxylation sites is 2. The quantitative estimate of drug-likeness (QED) is 0.810. The van der Waals surface area contributed by atoms with E-state index in [1.165, 1.54) is 19.2 Å². The maximum atomic E-state index is 13.5. The van der Waals surface area contributed by atoms with E-state index in [9.17, 15) is 9.18 Å². The average Bonchev–Trinajstić information content (AvgIpc) is 2.39. The van der Waals surface area contributed by atoms with Gasteiger partial charge >= 0.3 is 6.09 Å². The summed E-state index contributed by atoms with van der Waals surface area (Å²) < 4.78 is 18.6. The molecule has 3 nitrogen and oxygen atoms in total. The molecule has 0 N–H and O–H groups in total. The van der Waals surface area contributed by atoms with Crippen molar-refractivity contribution in [2.24, 2.45) is 0 Å². The van der Waals surface area contributed by atoms with E-state index < -0.39 is 11.9 Å². The first-order valence-corrected chi connectivity index (χ1v) is 5.43. The first-order chi connectivity index (χ1) is 8.68. The van der Waals surface area contributed by atoms with E-state index in [0.717, 1.165) is 4.90 Å². The molecule has 18 heavy (non-hydrogen) atoms. The normalized spacial score (nSPS) is 9.89. The van der Waals surface area contributed by atoms with Gasteiger partial charge in [0.15, 0.2) is 0 Å². The minimum atomic E-state index is -0.633. The Morgan fingerprint density at radius 1 is 1.06 bits per heavy atom. The second-order valence-electron chi connectivity index (χ2n) is 3.69. The predicted octanol–water partition coefficient (Wildman–Crippen LogP) is 3.46. The van der Waals surface area contributed by atoms with Crippen LogP contribution in [0.1, 0.15) is 0 Å². The highest BCUT2D eigenvalue weighted by Crippen LogP contribution is 2.19. The van der Waals surface area contributed by atoms with Crippen molar-refractivity contribution < 1.29 is 13.9 Å². The number of ether oxygens (including phenoxy) is 1. The summed E-state index contributed by atoms with van der Waals surface area (Å²) >= 11 is 0. The van der Waals surface area contributed by atoms with Gasteiger partial charge in [0, 0.05) is 7.05 Å². The first-order valence-electron chi connectivity index (χ1n) is 5.43. The van der Waals surface area contributed by atoms with Gasteiger partial charge in [-0.05, 0) is 24.3 Å². The second kappa shape index (κ2) is 5.31. The molecule has 4 heteroatoms. The first kappa shape index (κ1) is 12.1. The Balaban J connectivity index is 2.13. The van der Waals surface area contributed by atoms with Crippen molar-refractivity contribution >= 4 is 11.8 Å². The van der Waals surface area contributed by atoms with Crippen LogP contribution in [0.4, 0.5) is 14.9 Å². The average molecular weight is 245 g/mol. The van der Waals surface area contributed by atoms with E-state index in [0.29, 0.717) is 5.75 Å². The van der Waals surface area contributed by atoms with Crippen LogP contribution in [0.5, 0.6) is 5.75 Å². The van der Waals surface area contributed by atoms with Gasteiger partial charge in [-0.1, -0.05) is 30.3 Å². The van der Waals surface area contributed by atoms with Crippen molar-refractivity contribution in [3.63, 3.8) is 0 Å². The SMILES string of the molecule is CN(C(=O)Oc1ccccc1)c1ccccc1F. The van der Waals surface area contributed by atoms with Crippen molar-refractivity contribution in [3.8, 4) is 5.75 Å². The van der Waals surface area contributed by atoms with Crippen molar-refractivity contribution in [3.05, 3.63) is 60.4 Å². The van der Waals surface area contributed by atoms with Gasteiger partial charge in [0.25, 0.3) is 0 Å². The zero-order valence-corrected chi connectivity index (χ0v) is 9.84. The summed E-state index contributed by atoms with van der Waals surface area (Å²) in [6.45, 7) is 0. The van der Waals surface area contributed by atoms with Crippen LogP contribution in [0.15, 0.2) is 54.6 Å². The highest BCUT2D eigenvalue weighted by molar-refractivity contribution is 5.88. The number of hydrogen-bond donors (Lipinski definition) is 0. The molecular formula is C14H12FNO2. The molecule has 2 aromatic carbocycles. The Morgan fingerprint density at radius 2 is 1.67 bits per heavy atom. The zero-order valence-electron chi connectivity index (χ0n) is 9.84. The number of nitrogens with zero attached hydrogens (tertiary/aromatic N) is 1. The van der Waals surface area contributed by atoms with E-state index >= 15 is 0 Å². The lowest BCUT2D eigenvalue weighted by atomic mass is 10.3. The standard InChI is InChI=1S/C14H12FNO2/c1-16(13-10-6-5-9-12(13)15)14(17)18-11-7-3-2-4-8-11/h2-10H,1H3. The molecule has 2 rings (SSSR count). The predicted molar refractivity (Wildman–Crippen MR) is 67.3 cm³/mol. The molecule has 0 saturated heterocycles. The fourth-order valence-electron chi connectivity index (χ4n) is 1.48. The fourth-order valence-corrected chi connectivity index (χ4v) is 1.48. The molecule has 0 aliphatic rings. The van der Waals surface area contributed by atoms with Gasteiger partial charge in [0.2, 0.25) is 0 Å². The number of rotatable bonds is 2. The number of anilines is 1. The van der Waals surface area contributed by atoms with E-state index in [1.807, 2.05) is 6.07 Å². The summed E-state index contributed by atoms with van der Waals surface area (Å²) in [4.78, 5) is 12.9. The third-order valence-corrected chi connectivity index (χ3v) is 2.44. The smallest absolute Gasteiger partial charge is 0.410 e. The van der Waals surface area contributed by atoms with Crippen LogP contribution in [-0.2, 0) is 0 Å². The van der Waals surface area contributed by atoms with E-state index in [4.69, 9.17) is 4.74 Å². The summed E-state index contributed by atoms with van der Waals surface area (Å²) in [5, 5.41) is 0. The fraction of sp³-hybridized carbons (Fsp3) is 0.0714. The lowest BCUT2D eigenvalue weighted by Crippen LogP contribution is -2.30. The third kappa shape index (κ3) is 2.66. The number of halogens is 1. The molecule has 0 aromatic heterocycles. The summed E-state index contributed by atoms with van der Waals surface area (Å²) in [5.74, 6) is -0.0456. The molecule has 92 valence electrons. The molecule has 0 radical (unpaired) electrons. The summed E-state index contributed by atoms with van der Waals surface area (Å²) in [6, 6.07) is 14.7. The molecule has 0 saturated carbocycles. The maximum Gasteiger partial charge on any atom is 0.419 e. The number of hydrogen-bond acceptors (Lipinski definition) is 2. The zero-order chi connectivity index (χ0) is 13.0. The van der Waals surface area contributed by atoms with E-state index in [2.05, 4.69) is 0 Å². The van der Waals surface area contributed by atoms with Gasteiger partial charge in [0.05, 0.1) is 5.69 Å². The third-order valence-electron chi connectivity index (χ3n) is 2.44. The van der Waals surface area contributed by atoms with Crippen LogP contribution in [0, 0.1) is 5.82 Å². The van der Waals surface area contributed by atoms with Gasteiger partial charge in [-0.25, -0.2) is 9.18 Å². The van der Waals surface area contributed by atoms with Gasteiger partial charge in [-0.15, -0.1) is 0 Å². The molecule has 0 aliphatic heterocycles. The highest BCUT2D eigenvalue weighted by atomic mass is 19.1. The Labute approximate surface area is 104 Å². The van der Waals surface area contributed by atoms with Crippen LogP contribution >= 0.6 is 0 Å². The molecule has 0 unspecified atom stereocenters. The number of benzene rings is 2. The topological polar surface area (TPSA) is 29.5 Å². The van der Waals surface area contributed by atoms with Crippen LogP contribution in [0.2, 0.25) is 0 Å². The maximum absolute atomic E-state index is 13.5. The second-order valence-corrected chi connectivity index (χ2v) is 3.69. The van der Waals surface area contributed by atoms with Crippen molar-refractivity contribution in [1.82, 2.24) is 0 Å². The van der Waals surface area contributed by atoms with Crippen molar-refractivity contribution in [1.29, 1.82) is 0 Å². The number of carbonyl (C=O) groups excluding carboxylic acids is 1. The minimum Gasteiger partial charge on any atom is -0.410 e. The van der Waals surface area contributed by atoms with Crippen LogP contribution in [-0.4, -0.2) is 13.1 Å². The Morgan fingerprint density at radius 3 is 2.33 bits per heavy atom. The molecular weight excluding hydrogens is 233 g/mol. The van der Waals surface area contributed by atoms with E-state index in [-0.39, 0.29) is 5.69 Å². The molecule has 0 heterocycles. The van der Waals surface area contributed by atoms with Gasteiger partial charge in [-0.3, -0.25) is 4.90 Å². The number of amides is 1. The molecule has 0 bridgehead atoms. The van der Waals surface area contributed by atoms with Crippen molar-refractivity contribution in [2.45, 2.75) is 0 Å². The molecule has 0 fully saturated rings. The molecule has 1 amide bonds. The Bertz CT molecular complexity index is 543. The van der Waals surface area contributed by atoms with Gasteiger partial charge in [0.1, 0.15) is 11.6 Å². The Hall–Kier alpha value is -2.36. The highest BCUT2D eigenvalue weighted by Gasteiger charge is 2.16. The summed E-state index contributed by atoms with van der Waals surface area (Å²) in [6.07, 6.45) is -0.633. The van der Waals surface area contributed by atoms with Gasteiger partial charge < -0.3 is 4.74 Å². The molecule has 0 atom stereocenters. The summed E-state index contributed by atoms with van der Waals surface area (Å²) in [5.41, 5.74) is 0.179. The summed E-state index contributed by atoms with van der Waals surface area (Å²) in [7, 11) is 1.46. The Kier molecular flexibility index (Phi) is 3.57. The monoisotopic (exact) mass is 245 g/mol. The van der Waals surface area contributed by atoms with Crippen molar-refractivity contribution in [2.75, 3.05) is 11.9 Å². The van der Waals surface area contributed by atoms with Gasteiger partial charge in [-0.2, -0.15) is 0 Å². The van der Waals surface area contributed by atoms with E-state index in [1.54, 1.807) is 36.4 Å². The van der Waals surface area contributed by atoms with Crippen LogP contribution < -0.4 is 9.64 Å².